The molecule has 0 aromatic heterocycles. The first-order chi connectivity index (χ1) is 12.9. The Morgan fingerprint density at radius 1 is 1.26 bits per heavy atom. The van der Waals surface area contributed by atoms with Gasteiger partial charge in [0.2, 0.25) is 11.8 Å². The fourth-order valence-corrected chi connectivity index (χ4v) is 4.23. The Labute approximate surface area is 157 Å². The van der Waals surface area contributed by atoms with E-state index < -0.39 is 5.60 Å². The van der Waals surface area contributed by atoms with Crippen molar-refractivity contribution < 1.29 is 24.2 Å². The number of nitrogens with zero attached hydrogens (tertiary/aromatic N) is 3. The van der Waals surface area contributed by atoms with Crippen molar-refractivity contribution in [3.05, 3.63) is 24.3 Å². The molecule has 1 aromatic carbocycles. The molecule has 0 bridgehead atoms. The van der Waals surface area contributed by atoms with E-state index in [-0.39, 0.29) is 36.0 Å². The molecule has 3 aliphatic rings. The van der Waals surface area contributed by atoms with Gasteiger partial charge in [-0.3, -0.25) is 9.59 Å². The Morgan fingerprint density at radius 2 is 2.00 bits per heavy atom. The predicted molar refractivity (Wildman–Crippen MR) is 96.2 cm³/mol. The zero-order valence-corrected chi connectivity index (χ0v) is 15.3. The fraction of sp³-hybridized carbons (Fsp3) is 0.526. The van der Waals surface area contributed by atoms with Crippen molar-refractivity contribution in [3.8, 4) is 5.75 Å². The number of carbonyl (C=O) groups is 3. The first kappa shape index (κ1) is 17.6. The molecule has 1 N–H and O–H groups in total. The van der Waals surface area contributed by atoms with Crippen LogP contribution in [0.25, 0.3) is 0 Å². The second-order valence-corrected chi connectivity index (χ2v) is 7.66. The van der Waals surface area contributed by atoms with Gasteiger partial charge in [-0.2, -0.15) is 0 Å². The lowest BCUT2D eigenvalue weighted by Gasteiger charge is -2.38. The van der Waals surface area contributed by atoms with E-state index in [2.05, 4.69) is 0 Å². The highest BCUT2D eigenvalue weighted by atomic mass is 16.6. The van der Waals surface area contributed by atoms with Gasteiger partial charge in [0.25, 0.3) is 0 Å². The van der Waals surface area contributed by atoms with Crippen LogP contribution in [-0.2, 0) is 14.3 Å². The summed E-state index contributed by atoms with van der Waals surface area (Å²) < 4.78 is 5.52. The second-order valence-electron chi connectivity index (χ2n) is 7.66. The van der Waals surface area contributed by atoms with E-state index in [0.717, 1.165) is 0 Å². The minimum Gasteiger partial charge on any atom is -0.508 e. The highest BCUT2D eigenvalue weighted by Gasteiger charge is 2.47. The molecule has 8 heteroatoms. The summed E-state index contributed by atoms with van der Waals surface area (Å²) in [6.45, 7) is 1.93. The van der Waals surface area contributed by atoms with Gasteiger partial charge in [-0.15, -0.1) is 0 Å². The molecule has 8 nitrogen and oxygen atoms in total. The normalized spacial score (nSPS) is 24.6. The van der Waals surface area contributed by atoms with Crippen molar-refractivity contribution in [1.29, 1.82) is 0 Å². The Kier molecular flexibility index (Phi) is 4.20. The van der Waals surface area contributed by atoms with Gasteiger partial charge in [0, 0.05) is 57.7 Å². The largest absolute Gasteiger partial charge is 0.508 e. The zero-order valence-electron chi connectivity index (χ0n) is 15.3. The highest BCUT2D eigenvalue weighted by Crippen LogP contribution is 2.34. The average molecular weight is 373 g/mol. The number of aromatic hydroxyl groups is 1. The number of phenolic OH excluding ortho intramolecular Hbond substituents is 1. The molecule has 27 heavy (non-hydrogen) atoms. The lowest BCUT2D eigenvalue weighted by atomic mass is 9.90. The number of likely N-dealkylation sites (tertiary alicyclic amines) is 1. The molecule has 3 fully saturated rings. The molecule has 1 aromatic rings. The van der Waals surface area contributed by atoms with Crippen molar-refractivity contribution in [2.45, 2.75) is 24.9 Å². The van der Waals surface area contributed by atoms with Gasteiger partial charge < -0.3 is 24.5 Å². The summed E-state index contributed by atoms with van der Waals surface area (Å²) in [5.41, 5.74) is 0.121. The van der Waals surface area contributed by atoms with E-state index in [0.29, 0.717) is 44.7 Å². The van der Waals surface area contributed by atoms with Gasteiger partial charge in [-0.05, 0) is 12.1 Å². The van der Waals surface area contributed by atoms with E-state index in [1.807, 2.05) is 0 Å². The number of phenols is 1. The molecular weight excluding hydrogens is 350 g/mol. The van der Waals surface area contributed by atoms with Crippen molar-refractivity contribution in [1.82, 2.24) is 9.80 Å². The van der Waals surface area contributed by atoms with E-state index in [1.165, 1.54) is 6.07 Å². The van der Waals surface area contributed by atoms with Gasteiger partial charge in [0.1, 0.15) is 11.4 Å². The van der Waals surface area contributed by atoms with Gasteiger partial charge in [-0.1, -0.05) is 6.07 Å². The van der Waals surface area contributed by atoms with Crippen molar-refractivity contribution in [3.63, 3.8) is 0 Å². The minimum atomic E-state index is -0.484. The molecule has 3 aliphatic heterocycles. The molecule has 1 atom stereocenters. The van der Waals surface area contributed by atoms with E-state index in [1.54, 1.807) is 39.9 Å². The van der Waals surface area contributed by atoms with Crippen LogP contribution in [0.1, 0.15) is 19.3 Å². The third kappa shape index (κ3) is 3.20. The first-order valence-corrected chi connectivity index (χ1v) is 9.19. The number of anilines is 1. The Morgan fingerprint density at radius 3 is 2.63 bits per heavy atom. The molecule has 3 heterocycles. The fourth-order valence-electron chi connectivity index (χ4n) is 4.23. The summed E-state index contributed by atoms with van der Waals surface area (Å²) in [6.07, 6.45) is 1.10. The predicted octanol–water partition coefficient (Wildman–Crippen LogP) is 1.19. The van der Waals surface area contributed by atoms with Crippen molar-refractivity contribution >= 4 is 23.6 Å². The number of ether oxygens (including phenoxy) is 1. The molecule has 0 saturated carbocycles. The lowest BCUT2D eigenvalue weighted by molar-refractivity contribution is -0.139. The van der Waals surface area contributed by atoms with Gasteiger partial charge >= 0.3 is 6.09 Å². The van der Waals surface area contributed by atoms with Crippen LogP contribution in [-0.4, -0.2) is 71.6 Å². The standard InChI is InChI=1S/C19H23N3O5/c1-20-12-19(27-18(20)26)5-7-21(8-6-19)17(25)13-9-16(24)22(11-13)14-3-2-4-15(23)10-14/h2-4,10,13,23H,5-9,11-12H2,1H3/t13-/m1/s1. The number of hydrogen-bond donors (Lipinski definition) is 1. The summed E-state index contributed by atoms with van der Waals surface area (Å²) in [5, 5.41) is 9.62. The molecular formula is C19H23N3O5. The van der Waals surface area contributed by atoms with Crippen LogP contribution in [0, 0.1) is 5.92 Å². The number of rotatable bonds is 2. The second kappa shape index (κ2) is 6.44. The van der Waals surface area contributed by atoms with E-state index in [9.17, 15) is 19.5 Å². The third-order valence-corrected chi connectivity index (χ3v) is 5.74. The van der Waals surface area contributed by atoms with Crippen LogP contribution in [0.2, 0.25) is 0 Å². The van der Waals surface area contributed by atoms with Crippen LogP contribution >= 0.6 is 0 Å². The van der Waals surface area contributed by atoms with Crippen molar-refractivity contribution in [2.24, 2.45) is 5.92 Å². The summed E-state index contributed by atoms with van der Waals surface area (Å²) in [6, 6.07) is 6.50. The average Bonchev–Trinajstić information content (AvgIpc) is 3.15. The Hall–Kier alpha value is -2.77. The number of piperidine rings is 1. The quantitative estimate of drug-likeness (QED) is 0.841. The zero-order chi connectivity index (χ0) is 19.2. The van der Waals surface area contributed by atoms with Crippen molar-refractivity contribution in [2.75, 3.05) is 38.1 Å². The molecule has 3 saturated heterocycles. The number of benzene rings is 1. The van der Waals surface area contributed by atoms with Crippen LogP contribution < -0.4 is 4.90 Å². The number of likely N-dealkylation sites (N-methyl/N-ethyl adjacent to an activating group) is 1. The molecule has 4 rings (SSSR count). The number of carbonyl (C=O) groups excluding carboxylic acids is 3. The number of amides is 3. The molecule has 0 radical (unpaired) electrons. The lowest BCUT2D eigenvalue weighted by Crippen LogP contribution is -2.50. The van der Waals surface area contributed by atoms with Crippen LogP contribution in [0.15, 0.2) is 24.3 Å². The number of hydrogen-bond acceptors (Lipinski definition) is 5. The highest BCUT2D eigenvalue weighted by molar-refractivity contribution is 6.00. The maximum Gasteiger partial charge on any atom is 0.410 e. The van der Waals surface area contributed by atoms with E-state index >= 15 is 0 Å². The van der Waals surface area contributed by atoms with E-state index in [4.69, 9.17) is 4.74 Å². The monoisotopic (exact) mass is 373 g/mol. The Balaban J connectivity index is 1.38. The van der Waals surface area contributed by atoms with Crippen LogP contribution in [0.3, 0.4) is 0 Å². The molecule has 1 spiro atoms. The van der Waals surface area contributed by atoms with Gasteiger partial charge in [0.05, 0.1) is 12.5 Å². The summed E-state index contributed by atoms with van der Waals surface area (Å²) >= 11 is 0. The topological polar surface area (TPSA) is 90.4 Å². The SMILES string of the molecule is CN1CC2(CCN(C(=O)[C@@H]3CC(=O)N(c4cccc(O)c4)C3)CC2)OC1=O. The summed E-state index contributed by atoms with van der Waals surface area (Å²) in [4.78, 5) is 41.8. The van der Waals surface area contributed by atoms with Gasteiger partial charge in [-0.25, -0.2) is 4.79 Å². The molecule has 3 amide bonds. The Bertz CT molecular complexity index is 787. The van der Waals surface area contributed by atoms with Gasteiger partial charge in [0.15, 0.2) is 0 Å². The maximum atomic E-state index is 12.9. The minimum absolute atomic E-state index is 0.0291. The third-order valence-electron chi connectivity index (χ3n) is 5.74. The summed E-state index contributed by atoms with van der Waals surface area (Å²) in [7, 11) is 1.72. The molecule has 0 aliphatic carbocycles. The molecule has 144 valence electrons. The van der Waals surface area contributed by atoms with Crippen LogP contribution in [0.4, 0.5) is 10.5 Å². The maximum absolute atomic E-state index is 12.9. The molecule has 0 unspecified atom stereocenters. The smallest absolute Gasteiger partial charge is 0.410 e. The first-order valence-electron chi connectivity index (χ1n) is 9.19. The van der Waals surface area contributed by atoms with Crippen LogP contribution in [0.5, 0.6) is 5.75 Å². The summed E-state index contributed by atoms with van der Waals surface area (Å²) in [5.74, 6) is -0.438.